The molecule has 0 bridgehead atoms. The highest BCUT2D eigenvalue weighted by molar-refractivity contribution is 6.31. The number of rotatable bonds is 15. The Morgan fingerprint density at radius 3 is 2.31 bits per heavy atom. The molecule has 0 radical (unpaired) electrons. The van der Waals surface area contributed by atoms with Gasteiger partial charge < -0.3 is 45.2 Å². The summed E-state index contributed by atoms with van der Waals surface area (Å²) in [5, 5.41) is 22.3. The Kier molecular flexibility index (Phi) is 13.2. The summed E-state index contributed by atoms with van der Waals surface area (Å²) in [6, 6.07) is 18.0. The number of aliphatic hydroxyl groups is 1. The maximum Gasteiger partial charge on any atom is 0.407 e. The Labute approximate surface area is 389 Å². The SMILES string of the molecule is CC[C@@]1(O)C(=O)OCc2c1cc1n(c2=O)Cc2c-1nc1cc(F)c(Cl)cc1c2CNC(=O)C[C@@H](C)OCNC(=O)[C@H](C)NC(=O)[C@@H](NC(=O)OCC1c2ccccc2-c2ccccc21)C(C)C. The average molecular weight is 937 g/mol. The molecule has 5 N–H and O–H groups in total. The topological polar surface area (TPSA) is 216 Å². The Morgan fingerprint density at radius 1 is 0.955 bits per heavy atom. The Balaban J connectivity index is 0.841. The molecule has 8 rings (SSSR count). The van der Waals surface area contributed by atoms with Crippen molar-refractivity contribution in [1.29, 1.82) is 0 Å². The van der Waals surface area contributed by atoms with Gasteiger partial charge >= 0.3 is 12.1 Å². The standard InChI is InChI=1S/C49H50ClFN6O10/c1-6-49(64)36-17-40-43-33(20-57(40)46(61)35(36)22-65-47(49)62)32(31-16-37(50)38(51)18-39(31)55-43)19-52-41(58)15-25(4)67-23-53-44(59)26(5)54-45(60)42(24(2)3)56-48(63)66-21-34-29-13-9-7-11-27(29)28-12-8-10-14-30(28)34/h7-14,16-18,24-26,34,42,64H,6,15,19-23H2,1-5H3,(H,52,58)(H,53,59)(H,54,60)(H,56,63)/t25-,26+,42+,49+/m1/s1. The first kappa shape index (κ1) is 46.8. The van der Waals surface area contributed by atoms with Crippen molar-refractivity contribution < 1.29 is 47.7 Å². The summed E-state index contributed by atoms with van der Waals surface area (Å²) < 4.78 is 32.8. The summed E-state index contributed by atoms with van der Waals surface area (Å²) in [6.45, 7) is 7.67. The van der Waals surface area contributed by atoms with Gasteiger partial charge in [-0.2, -0.15) is 0 Å². The Bertz CT molecular complexity index is 2860. The van der Waals surface area contributed by atoms with E-state index in [1.165, 1.54) is 17.6 Å². The number of amides is 4. The van der Waals surface area contributed by atoms with Crippen molar-refractivity contribution in [3.8, 4) is 22.5 Å². The van der Waals surface area contributed by atoms with Crippen molar-refractivity contribution in [3.05, 3.63) is 121 Å². The summed E-state index contributed by atoms with van der Waals surface area (Å²) in [6.07, 6.45) is -1.62. The first-order valence-electron chi connectivity index (χ1n) is 22.1. The van der Waals surface area contributed by atoms with Crippen molar-refractivity contribution in [2.75, 3.05) is 13.3 Å². The molecular weight excluding hydrogens is 887 g/mol. The fraction of sp³-hybridized carbons (Fsp3) is 0.367. The molecule has 16 nitrogen and oxygen atoms in total. The number of alkyl carbamates (subject to hydrolysis) is 1. The molecular formula is C49H50ClFN6O10. The quantitative estimate of drug-likeness (QED) is 0.0647. The molecule has 3 aliphatic rings. The van der Waals surface area contributed by atoms with Gasteiger partial charge in [-0.3, -0.25) is 19.2 Å². The normalized spacial score (nSPS) is 17.0. The van der Waals surface area contributed by atoms with Crippen molar-refractivity contribution in [2.24, 2.45) is 5.92 Å². The molecule has 0 saturated carbocycles. The molecule has 5 aromatic rings. The van der Waals surface area contributed by atoms with E-state index in [2.05, 4.69) is 26.3 Å². The van der Waals surface area contributed by atoms with Crippen LogP contribution in [0.25, 0.3) is 33.4 Å². The van der Waals surface area contributed by atoms with Crippen LogP contribution in [0, 0.1) is 11.7 Å². The highest BCUT2D eigenvalue weighted by Gasteiger charge is 2.45. The minimum absolute atomic E-state index is 0.0315. The number of carbonyl (C=O) groups is 5. The van der Waals surface area contributed by atoms with Crippen LogP contribution in [-0.2, 0) is 58.7 Å². The number of ether oxygens (including phenoxy) is 3. The van der Waals surface area contributed by atoms with E-state index in [-0.39, 0.29) is 79.4 Å². The van der Waals surface area contributed by atoms with Crippen LogP contribution in [0.15, 0.2) is 71.5 Å². The van der Waals surface area contributed by atoms with Crippen molar-refractivity contribution >= 4 is 52.3 Å². The molecule has 4 heterocycles. The third kappa shape index (κ3) is 8.98. The van der Waals surface area contributed by atoms with E-state index < -0.39 is 64.9 Å². The molecule has 3 aromatic carbocycles. The van der Waals surface area contributed by atoms with Crippen molar-refractivity contribution in [3.63, 3.8) is 0 Å². The zero-order chi connectivity index (χ0) is 47.9. The zero-order valence-corrected chi connectivity index (χ0v) is 38.2. The number of pyridine rings is 2. The predicted octanol–water partition coefficient (Wildman–Crippen LogP) is 5.43. The molecule has 18 heteroatoms. The van der Waals surface area contributed by atoms with Gasteiger partial charge in [-0.25, -0.2) is 19.0 Å². The van der Waals surface area contributed by atoms with E-state index in [9.17, 15) is 38.3 Å². The second-order valence-corrected chi connectivity index (χ2v) is 17.8. The van der Waals surface area contributed by atoms with E-state index in [0.717, 1.165) is 28.3 Å². The van der Waals surface area contributed by atoms with Gasteiger partial charge in [-0.15, -0.1) is 0 Å². The number of hydrogen-bond acceptors (Lipinski definition) is 11. The van der Waals surface area contributed by atoms with Crippen LogP contribution in [0.2, 0.25) is 5.02 Å². The van der Waals surface area contributed by atoms with Crippen LogP contribution in [0.5, 0.6) is 0 Å². The first-order valence-corrected chi connectivity index (χ1v) is 22.4. The molecule has 350 valence electrons. The largest absolute Gasteiger partial charge is 0.458 e. The lowest BCUT2D eigenvalue weighted by atomic mass is 9.86. The Hall–Kier alpha value is -6.69. The van der Waals surface area contributed by atoms with E-state index in [1.807, 2.05) is 48.5 Å². The van der Waals surface area contributed by atoms with Crippen LogP contribution < -0.4 is 26.8 Å². The third-order valence-electron chi connectivity index (χ3n) is 12.7. The molecule has 0 fully saturated rings. The van der Waals surface area contributed by atoms with E-state index >= 15 is 0 Å². The number of cyclic esters (lactones) is 1. The van der Waals surface area contributed by atoms with Gasteiger partial charge in [0, 0.05) is 35.0 Å². The van der Waals surface area contributed by atoms with Gasteiger partial charge in [0.2, 0.25) is 17.7 Å². The van der Waals surface area contributed by atoms with Crippen LogP contribution in [0.3, 0.4) is 0 Å². The minimum Gasteiger partial charge on any atom is -0.458 e. The number of halogens is 2. The lowest BCUT2D eigenvalue weighted by Crippen LogP contribution is -2.54. The van der Waals surface area contributed by atoms with Crippen molar-refractivity contribution in [2.45, 2.75) is 96.9 Å². The minimum atomic E-state index is -2.04. The van der Waals surface area contributed by atoms with Crippen LogP contribution in [0.4, 0.5) is 9.18 Å². The molecule has 1 aliphatic carbocycles. The molecule has 0 spiro atoms. The molecule has 4 atom stereocenters. The fourth-order valence-corrected chi connectivity index (χ4v) is 9.18. The van der Waals surface area contributed by atoms with Gasteiger partial charge in [0.1, 0.15) is 37.8 Å². The van der Waals surface area contributed by atoms with Gasteiger partial charge in [-0.05, 0) is 66.1 Å². The number of benzene rings is 3. The Morgan fingerprint density at radius 2 is 1.64 bits per heavy atom. The highest BCUT2D eigenvalue weighted by Crippen LogP contribution is 2.45. The molecule has 2 aliphatic heterocycles. The third-order valence-corrected chi connectivity index (χ3v) is 13.0. The average Bonchev–Trinajstić information content (AvgIpc) is 3.83. The predicted molar refractivity (Wildman–Crippen MR) is 244 cm³/mol. The highest BCUT2D eigenvalue weighted by atomic mass is 35.5. The van der Waals surface area contributed by atoms with E-state index in [1.54, 1.807) is 33.8 Å². The van der Waals surface area contributed by atoms with Gasteiger partial charge in [0.05, 0.1) is 46.6 Å². The van der Waals surface area contributed by atoms with Crippen LogP contribution in [-0.4, -0.2) is 76.0 Å². The molecule has 4 amide bonds. The maximum absolute atomic E-state index is 14.8. The van der Waals surface area contributed by atoms with Crippen LogP contribution >= 0.6 is 11.6 Å². The maximum atomic E-state index is 14.8. The lowest BCUT2D eigenvalue weighted by molar-refractivity contribution is -0.172. The number of fused-ring (bicyclic) bond motifs is 8. The molecule has 2 aromatic heterocycles. The monoisotopic (exact) mass is 936 g/mol. The summed E-state index contributed by atoms with van der Waals surface area (Å²) in [5.41, 5.74) is 3.95. The smallest absolute Gasteiger partial charge is 0.407 e. The molecule has 0 saturated heterocycles. The number of hydrogen-bond donors (Lipinski definition) is 5. The number of nitrogens with one attached hydrogen (secondary N) is 4. The summed E-state index contributed by atoms with van der Waals surface area (Å²) in [4.78, 5) is 83.8. The lowest BCUT2D eigenvalue weighted by Gasteiger charge is -2.31. The second-order valence-electron chi connectivity index (χ2n) is 17.4. The van der Waals surface area contributed by atoms with E-state index in [0.29, 0.717) is 27.9 Å². The molecule has 67 heavy (non-hydrogen) atoms. The van der Waals surface area contributed by atoms with Gasteiger partial charge in [0.25, 0.3) is 5.56 Å². The number of aromatic nitrogens is 2. The second kappa shape index (κ2) is 18.9. The summed E-state index contributed by atoms with van der Waals surface area (Å²) >= 11 is 6.21. The summed E-state index contributed by atoms with van der Waals surface area (Å²) in [5.74, 6) is -3.67. The zero-order valence-electron chi connectivity index (χ0n) is 37.5. The van der Waals surface area contributed by atoms with E-state index in [4.69, 9.17) is 25.8 Å². The fourth-order valence-electron chi connectivity index (χ4n) is 9.02. The first-order chi connectivity index (χ1) is 32.0. The molecule has 0 unspecified atom stereocenters. The summed E-state index contributed by atoms with van der Waals surface area (Å²) in [7, 11) is 0. The van der Waals surface area contributed by atoms with Crippen LogP contribution in [0.1, 0.15) is 86.8 Å². The van der Waals surface area contributed by atoms with Gasteiger partial charge in [0.15, 0.2) is 5.60 Å². The number of carbonyl (C=O) groups excluding carboxylic acids is 5. The van der Waals surface area contributed by atoms with Gasteiger partial charge in [-0.1, -0.05) is 80.9 Å². The number of esters is 1. The number of nitrogens with zero attached hydrogens (tertiary/aromatic N) is 2. The van der Waals surface area contributed by atoms with Crippen molar-refractivity contribution in [1.82, 2.24) is 30.8 Å².